The number of nitrogens with zero attached hydrogens (tertiary/aromatic N) is 1. The molecule has 2 aromatic carbocycles. The molecule has 0 aromatic heterocycles. The van der Waals surface area contributed by atoms with Crippen molar-refractivity contribution in [2.75, 3.05) is 18.0 Å². The van der Waals surface area contributed by atoms with Gasteiger partial charge in [0.25, 0.3) is 0 Å². The summed E-state index contributed by atoms with van der Waals surface area (Å²) in [5, 5.41) is 3.46. The molecule has 0 spiro atoms. The summed E-state index contributed by atoms with van der Waals surface area (Å²) >= 11 is 0. The number of anilines is 1. The van der Waals surface area contributed by atoms with E-state index in [9.17, 15) is 0 Å². The van der Waals surface area contributed by atoms with Crippen molar-refractivity contribution < 1.29 is 0 Å². The summed E-state index contributed by atoms with van der Waals surface area (Å²) in [6.07, 6.45) is 2.35. The van der Waals surface area contributed by atoms with Crippen LogP contribution in [0.2, 0.25) is 0 Å². The second kappa shape index (κ2) is 4.95. The van der Waals surface area contributed by atoms with Gasteiger partial charge < -0.3 is 10.2 Å². The highest BCUT2D eigenvalue weighted by molar-refractivity contribution is 5.58. The highest BCUT2D eigenvalue weighted by atomic mass is 15.1. The van der Waals surface area contributed by atoms with Gasteiger partial charge in [-0.05, 0) is 47.7 Å². The summed E-state index contributed by atoms with van der Waals surface area (Å²) in [6.45, 7) is 4.32. The number of hydrogen-bond donors (Lipinski definition) is 1. The fourth-order valence-corrected chi connectivity index (χ4v) is 3.42. The summed E-state index contributed by atoms with van der Waals surface area (Å²) in [4.78, 5) is 2.51. The Morgan fingerprint density at radius 1 is 0.950 bits per heavy atom. The molecule has 102 valence electrons. The maximum absolute atomic E-state index is 3.46. The van der Waals surface area contributed by atoms with Gasteiger partial charge in [0.05, 0.1) is 0 Å². The largest absolute Gasteiger partial charge is 0.367 e. The van der Waals surface area contributed by atoms with Gasteiger partial charge in [0.1, 0.15) is 0 Å². The Morgan fingerprint density at radius 3 is 2.90 bits per heavy atom. The minimum Gasteiger partial charge on any atom is -0.367 e. The molecule has 0 unspecified atom stereocenters. The van der Waals surface area contributed by atoms with Crippen LogP contribution in [-0.2, 0) is 25.9 Å². The van der Waals surface area contributed by atoms with Gasteiger partial charge in [0.2, 0.25) is 0 Å². The molecule has 2 heterocycles. The first-order valence-electron chi connectivity index (χ1n) is 7.54. The molecule has 4 rings (SSSR count). The van der Waals surface area contributed by atoms with Crippen LogP contribution >= 0.6 is 0 Å². The number of nitrogens with one attached hydrogen (secondary N) is 1. The Labute approximate surface area is 120 Å². The van der Waals surface area contributed by atoms with Gasteiger partial charge in [0, 0.05) is 25.3 Å². The fourth-order valence-electron chi connectivity index (χ4n) is 3.42. The zero-order chi connectivity index (χ0) is 13.4. The summed E-state index contributed by atoms with van der Waals surface area (Å²) in [5.41, 5.74) is 7.36. The topological polar surface area (TPSA) is 15.3 Å². The second-order valence-corrected chi connectivity index (χ2v) is 5.83. The standard InChI is InChI=1S/C18H20N2/c1-2-4-18-16(3-1)8-10-20(18)13-14-5-6-15-7-9-19-12-17(15)11-14/h1-6,11,19H,7-10,12-13H2. The van der Waals surface area contributed by atoms with Crippen LogP contribution in [0.5, 0.6) is 0 Å². The van der Waals surface area contributed by atoms with Crippen molar-refractivity contribution in [2.24, 2.45) is 0 Å². The van der Waals surface area contributed by atoms with E-state index in [1.54, 1.807) is 0 Å². The first-order chi connectivity index (χ1) is 9.90. The van der Waals surface area contributed by atoms with Crippen LogP contribution in [0, 0.1) is 0 Å². The Balaban J connectivity index is 1.58. The van der Waals surface area contributed by atoms with Crippen molar-refractivity contribution in [3.05, 3.63) is 64.7 Å². The molecule has 20 heavy (non-hydrogen) atoms. The molecule has 2 aromatic rings. The molecule has 2 heteroatoms. The van der Waals surface area contributed by atoms with Crippen molar-refractivity contribution in [1.29, 1.82) is 0 Å². The van der Waals surface area contributed by atoms with E-state index in [-0.39, 0.29) is 0 Å². The van der Waals surface area contributed by atoms with Crippen molar-refractivity contribution >= 4 is 5.69 Å². The zero-order valence-electron chi connectivity index (χ0n) is 11.7. The van der Waals surface area contributed by atoms with E-state index >= 15 is 0 Å². The normalized spacial score (nSPS) is 16.9. The quantitative estimate of drug-likeness (QED) is 0.897. The van der Waals surface area contributed by atoms with Crippen molar-refractivity contribution in [3.63, 3.8) is 0 Å². The Kier molecular flexibility index (Phi) is 2.96. The molecule has 0 amide bonds. The van der Waals surface area contributed by atoms with E-state index in [1.165, 1.54) is 40.8 Å². The van der Waals surface area contributed by atoms with Crippen LogP contribution in [-0.4, -0.2) is 13.1 Å². The Morgan fingerprint density at radius 2 is 1.90 bits per heavy atom. The third-order valence-electron chi connectivity index (χ3n) is 4.51. The average Bonchev–Trinajstić information content (AvgIpc) is 2.91. The molecule has 0 radical (unpaired) electrons. The van der Waals surface area contributed by atoms with E-state index in [0.717, 1.165) is 26.2 Å². The van der Waals surface area contributed by atoms with Crippen LogP contribution in [0.15, 0.2) is 42.5 Å². The number of hydrogen-bond acceptors (Lipinski definition) is 2. The zero-order valence-corrected chi connectivity index (χ0v) is 11.7. The molecule has 1 N–H and O–H groups in total. The minimum absolute atomic E-state index is 1.03. The summed E-state index contributed by atoms with van der Waals surface area (Å²) in [7, 11) is 0. The smallest absolute Gasteiger partial charge is 0.0429 e. The van der Waals surface area contributed by atoms with Gasteiger partial charge in [-0.3, -0.25) is 0 Å². The van der Waals surface area contributed by atoms with Gasteiger partial charge in [-0.2, -0.15) is 0 Å². The molecule has 0 saturated heterocycles. The fraction of sp³-hybridized carbons (Fsp3) is 0.333. The first kappa shape index (κ1) is 12.0. The molecule has 0 bridgehead atoms. The van der Waals surface area contributed by atoms with Gasteiger partial charge in [0.15, 0.2) is 0 Å². The monoisotopic (exact) mass is 264 g/mol. The lowest BCUT2D eigenvalue weighted by Gasteiger charge is -2.22. The van der Waals surface area contributed by atoms with Crippen LogP contribution in [0.4, 0.5) is 5.69 Å². The lowest BCUT2D eigenvalue weighted by molar-refractivity contribution is 0.642. The predicted octanol–water partition coefficient (Wildman–Crippen LogP) is 2.90. The van der Waals surface area contributed by atoms with Gasteiger partial charge in [-0.1, -0.05) is 36.4 Å². The molecular formula is C18H20N2. The number of benzene rings is 2. The predicted molar refractivity (Wildman–Crippen MR) is 83.0 cm³/mol. The van der Waals surface area contributed by atoms with Crippen LogP contribution in [0.3, 0.4) is 0 Å². The highest BCUT2D eigenvalue weighted by Gasteiger charge is 2.18. The maximum Gasteiger partial charge on any atom is 0.0429 e. The summed E-state index contributed by atoms with van der Waals surface area (Å²) < 4.78 is 0. The van der Waals surface area contributed by atoms with Crippen molar-refractivity contribution in [2.45, 2.75) is 25.9 Å². The SMILES string of the molecule is c1ccc2c(c1)CCN2Cc1ccc2c(c1)CNCC2. The Bertz CT molecular complexity index is 633. The molecule has 0 atom stereocenters. The molecule has 2 aliphatic rings. The van der Waals surface area contributed by atoms with E-state index in [1.807, 2.05) is 0 Å². The number of fused-ring (bicyclic) bond motifs is 2. The van der Waals surface area contributed by atoms with Crippen LogP contribution in [0.25, 0.3) is 0 Å². The lowest BCUT2D eigenvalue weighted by Crippen LogP contribution is -2.24. The first-order valence-corrected chi connectivity index (χ1v) is 7.54. The molecule has 0 saturated carbocycles. The Hall–Kier alpha value is -1.80. The molecule has 2 aliphatic heterocycles. The number of para-hydroxylation sites is 1. The second-order valence-electron chi connectivity index (χ2n) is 5.83. The number of rotatable bonds is 2. The van der Waals surface area contributed by atoms with E-state index in [2.05, 4.69) is 52.7 Å². The van der Waals surface area contributed by atoms with Crippen molar-refractivity contribution in [1.82, 2.24) is 5.32 Å². The maximum atomic E-state index is 3.46. The van der Waals surface area contributed by atoms with Crippen molar-refractivity contribution in [3.8, 4) is 0 Å². The van der Waals surface area contributed by atoms with Gasteiger partial charge in [-0.25, -0.2) is 0 Å². The van der Waals surface area contributed by atoms with E-state index < -0.39 is 0 Å². The van der Waals surface area contributed by atoms with Crippen LogP contribution < -0.4 is 10.2 Å². The summed E-state index contributed by atoms with van der Waals surface area (Å²) in [6, 6.07) is 15.8. The highest BCUT2D eigenvalue weighted by Crippen LogP contribution is 2.29. The third kappa shape index (κ3) is 2.10. The van der Waals surface area contributed by atoms with E-state index in [0.29, 0.717) is 0 Å². The van der Waals surface area contributed by atoms with E-state index in [4.69, 9.17) is 0 Å². The molecule has 2 nitrogen and oxygen atoms in total. The molecule has 0 aliphatic carbocycles. The average molecular weight is 264 g/mol. The minimum atomic E-state index is 1.03. The van der Waals surface area contributed by atoms with Crippen LogP contribution in [0.1, 0.15) is 22.3 Å². The molecule has 0 fully saturated rings. The molecular weight excluding hydrogens is 244 g/mol. The van der Waals surface area contributed by atoms with Gasteiger partial charge in [-0.15, -0.1) is 0 Å². The third-order valence-corrected chi connectivity index (χ3v) is 4.51. The summed E-state index contributed by atoms with van der Waals surface area (Å²) in [5.74, 6) is 0. The lowest BCUT2D eigenvalue weighted by atomic mass is 9.98. The van der Waals surface area contributed by atoms with Gasteiger partial charge >= 0.3 is 0 Å².